The molecule has 1 saturated heterocycles. The lowest BCUT2D eigenvalue weighted by Gasteiger charge is -2.18. The van der Waals surface area contributed by atoms with E-state index in [9.17, 15) is 19.8 Å². The average molecular weight is 513 g/mol. The minimum atomic E-state index is -1.39. The molecule has 2 aromatic rings. The van der Waals surface area contributed by atoms with Gasteiger partial charge in [0.05, 0.1) is 27.5 Å². The molecule has 0 radical (unpaired) electrons. The Hall–Kier alpha value is -1.47. The van der Waals surface area contributed by atoms with Crippen LogP contribution < -0.4 is 5.73 Å². The molecule has 5 N–H and O–H groups in total. The molecule has 0 aliphatic carbocycles. The first-order valence-corrected chi connectivity index (χ1v) is 9.83. The van der Waals surface area contributed by atoms with Gasteiger partial charge in [-0.2, -0.15) is 0 Å². The van der Waals surface area contributed by atoms with Crippen LogP contribution in [-0.4, -0.2) is 67.8 Å². The average Bonchev–Trinajstić information content (AvgIpc) is 3.09. The highest BCUT2D eigenvalue weighted by Crippen LogP contribution is 2.37. The van der Waals surface area contributed by atoms with E-state index in [0.29, 0.717) is 20.8 Å². The smallest absolute Gasteiger partial charge is 0.323 e. The van der Waals surface area contributed by atoms with Gasteiger partial charge >= 0.3 is 11.9 Å². The molecule has 5 atom stereocenters. The van der Waals surface area contributed by atoms with Crippen LogP contribution >= 0.6 is 39.1 Å². The van der Waals surface area contributed by atoms with E-state index in [1.807, 2.05) is 0 Å². The fraction of sp³-hybridized carbons (Fsp3) is 0.438. The van der Waals surface area contributed by atoms with Crippen molar-refractivity contribution in [2.75, 3.05) is 6.61 Å². The van der Waals surface area contributed by atoms with Crippen LogP contribution in [0.25, 0.3) is 11.0 Å². The predicted octanol–water partition coefficient (Wildman–Crippen LogP) is 1.07. The lowest BCUT2D eigenvalue weighted by Crippen LogP contribution is -2.38. The highest BCUT2D eigenvalue weighted by Gasteiger charge is 2.45. The highest BCUT2D eigenvalue weighted by atomic mass is 79.9. The normalized spacial score (nSPS) is 25.3. The van der Waals surface area contributed by atoms with E-state index in [1.165, 1.54) is 10.6 Å². The van der Waals surface area contributed by atoms with Crippen LogP contribution in [-0.2, 0) is 19.1 Å². The third kappa shape index (κ3) is 4.50. The molecule has 29 heavy (non-hydrogen) atoms. The van der Waals surface area contributed by atoms with E-state index in [0.717, 1.165) is 0 Å². The molecule has 2 heterocycles. The summed E-state index contributed by atoms with van der Waals surface area (Å²) in [6, 6.07) is 1.73. The SMILES string of the molecule is N[C@H](CC(=O)O)C(=O)OC[C@H]1OC(n2c(Br)nc3cc(Cl)c(Cl)cc32)[C@H](O)[C@@H]1O. The van der Waals surface area contributed by atoms with E-state index < -0.39 is 55.5 Å². The van der Waals surface area contributed by atoms with Gasteiger partial charge in [0.1, 0.15) is 31.0 Å². The Morgan fingerprint density at radius 1 is 1.31 bits per heavy atom. The third-order valence-corrected chi connectivity index (χ3v) is 5.65. The number of aromatic nitrogens is 2. The number of benzene rings is 1. The van der Waals surface area contributed by atoms with E-state index in [2.05, 4.69) is 20.9 Å². The number of aliphatic hydroxyl groups is 2. The molecule has 1 aliphatic rings. The number of fused-ring (bicyclic) bond motifs is 1. The van der Waals surface area contributed by atoms with Crippen LogP contribution in [0.15, 0.2) is 16.9 Å². The van der Waals surface area contributed by atoms with Crippen LogP contribution in [0.3, 0.4) is 0 Å². The van der Waals surface area contributed by atoms with Gasteiger partial charge in [0.15, 0.2) is 11.0 Å². The van der Waals surface area contributed by atoms with E-state index >= 15 is 0 Å². The van der Waals surface area contributed by atoms with Crippen LogP contribution in [0.2, 0.25) is 10.0 Å². The highest BCUT2D eigenvalue weighted by molar-refractivity contribution is 9.10. The van der Waals surface area contributed by atoms with Gasteiger partial charge < -0.3 is 30.5 Å². The number of aliphatic carboxylic acids is 1. The number of hydrogen-bond donors (Lipinski definition) is 4. The van der Waals surface area contributed by atoms with E-state index in [1.54, 1.807) is 6.07 Å². The minimum absolute atomic E-state index is 0.263. The van der Waals surface area contributed by atoms with Gasteiger partial charge in [0.25, 0.3) is 0 Å². The predicted molar refractivity (Wildman–Crippen MR) is 105 cm³/mol. The van der Waals surface area contributed by atoms with Gasteiger partial charge in [0.2, 0.25) is 0 Å². The standard InChI is InChI=1S/C16H16BrCl2N3O7/c17-16-21-8-1-5(18)6(19)2-9(8)22(16)14-13(26)12(25)10(29-14)4-28-15(27)7(20)3-11(23)24/h1-2,7,10,12-14,25-26H,3-4,20H2,(H,23,24)/t7-,10-,12-,13-,14?/m1/s1. The number of halogens is 3. The van der Waals surface area contributed by atoms with Gasteiger partial charge in [-0.25, -0.2) is 4.98 Å². The first-order valence-electron chi connectivity index (χ1n) is 8.28. The summed E-state index contributed by atoms with van der Waals surface area (Å²) in [5, 5.41) is 30.0. The topological polar surface area (TPSA) is 157 Å². The fourth-order valence-electron chi connectivity index (χ4n) is 2.93. The molecule has 0 amide bonds. The van der Waals surface area contributed by atoms with E-state index in [4.69, 9.17) is 43.5 Å². The van der Waals surface area contributed by atoms with Crippen molar-refractivity contribution in [2.24, 2.45) is 5.73 Å². The Morgan fingerprint density at radius 3 is 2.62 bits per heavy atom. The molecule has 3 rings (SSSR count). The van der Waals surface area contributed by atoms with E-state index in [-0.39, 0.29) is 5.02 Å². The van der Waals surface area contributed by atoms with Crippen LogP contribution in [0.4, 0.5) is 0 Å². The number of ether oxygens (including phenoxy) is 2. The molecule has 0 spiro atoms. The third-order valence-electron chi connectivity index (χ3n) is 4.37. The second kappa shape index (κ2) is 8.72. The number of aliphatic hydroxyl groups excluding tert-OH is 2. The number of hydrogen-bond acceptors (Lipinski definition) is 8. The lowest BCUT2D eigenvalue weighted by molar-refractivity contribution is -0.154. The number of carboxylic acid groups (broad SMARTS) is 1. The quantitative estimate of drug-likeness (QED) is 0.415. The molecular weight excluding hydrogens is 497 g/mol. The number of carbonyl (C=O) groups is 2. The van der Waals surface area contributed by atoms with Crippen LogP contribution in [0.1, 0.15) is 12.6 Å². The van der Waals surface area contributed by atoms with Gasteiger partial charge in [-0.05, 0) is 28.1 Å². The van der Waals surface area contributed by atoms with Crippen molar-refractivity contribution in [1.82, 2.24) is 9.55 Å². The number of carbonyl (C=O) groups excluding carboxylic acids is 1. The number of nitrogens with zero attached hydrogens (tertiary/aromatic N) is 2. The van der Waals surface area contributed by atoms with Crippen molar-refractivity contribution >= 4 is 62.1 Å². The Morgan fingerprint density at radius 2 is 1.97 bits per heavy atom. The molecule has 10 nitrogen and oxygen atoms in total. The Labute approximate surface area is 182 Å². The maximum Gasteiger partial charge on any atom is 0.323 e. The van der Waals surface area contributed by atoms with Crippen molar-refractivity contribution in [1.29, 1.82) is 0 Å². The minimum Gasteiger partial charge on any atom is -0.481 e. The van der Waals surface area contributed by atoms with Crippen molar-refractivity contribution < 1.29 is 34.4 Å². The molecule has 0 bridgehead atoms. The second-order valence-corrected chi connectivity index (χ2v) is 7.91. The second-order valence-electron chi connectivity index (χ2n) is 6.39. The molecule has 13 heteroatoms. The number of carboxylic acids is 1. The lowest BCUT2D eigenvalue weighted by atomic mass is 10.1. The van der Waals surface area contributed by atoms with Gasteiger partial charge in [-0.3, -0.25) is 14.2 Å². The van der Waals surface area contributed by atoms with Gasteiger partial charge in [-0.1, -0.05) is 23.2 Å². The monoisotopic (exact) mass is 511 g/mol. The molecule has 1 aromatic heterocycles. The summed E-state index contributed by atoms with van der Waals surface area (Å²) in [4.78, 5) is 26.7. The van der Waals surface area contributed by atoms with Crippen molar-refractivity contribution in [3.63, 3.8) is 0 Å². The number of rotatable bonds is 6. The number of nitrogens with two attached hydrogens (primary N) is 1. The van der Waals surface area contributed by atoms with Crippen LogP contribution in [0, 0.1) is 0 Å². The number of imidazole rings is 1. The first-order chi connectivity index (χ1) is 13.6. The molecule has 0 saturated carbocycles. The molecular formula is C16H16BrCl2N3O7. The zero-order valence-electron chi connectivity index (χ0n) is 14.5. The Kier molecular flexibility index (Phi) is 6.68. The summed E-state index contributed by atoms with van der Waals surface area (Å²) in [6.07, 6.45) is -5.53. The summed E-state index contributed by atoms with van der Waals surface area (Å²) in [5.41, 5.74) is 6.40. The van der Waals surface area contributed by atoms with Crippen molar-refractivity contribution in [2.45, 2.75) is 37.0 Å². The molecule has 1 unspecified atom stereocenters. The van der Waals surface area contributed by atoms with Crippen LogP contribution in [0.5, 0.6) is 0 Å². The summed E-state index contributed by atoms with van der Waals surface area (Å²) >= 11 is 15.3. The zero-order chi connectivity index (χ0) is 21.5. The fourth-order valence-corrected chi connectivity index (χ4v) is 3.83. The largest absolute Gasteiger partial charge is 0.481 e. The molecule has 1 aromatic carbocycles. The maximum absolute atomic E-state index is 11.8. The molecule has 1 aliphatic heterocycles. The van der Waals surface area contributed by atoms with Gasteiger partial charge in [0, 0.05) is 0 Å². The summed E-state index contributed by atoms with van der Waals surface area (Å²) < 4.78 is 12.4. The number of esters is 1. The molecule has 158 valence electrons. The van der Waals surface area contributed by atoms with Crippen molar-refractivity contribution in [3.05, 3.63) is 26.9 Å². The summed E-state index contributed by atoms with van der Waals surface area (Å²) in [7, 11) is 0. The zero-order valence-corrected chi connectivity index (χ0v) is 17.6. The van der Waals surface area contributed by atoms with Crippen molar-refractivity contribution in [3.8, 4) is 0 Å². The summed E-state index contributed by atoms with van der Waals surface area (Å²) in [5.74, 6) is -2.21. The van der Waals surface area contributed by atoms with Gasteiger partial charge in [-0.15, -0.1) is 0 Å². The Bertz CT molecular complexity index is 956. The summed E-state index contributed by atoms with van der Waals surface area (Å²) in [6.45, 7) is -0.433. The maximum atomic E-state index is 11.8. The molecule has 1 fully saturated rings. The first kappa shape index (κ1) is 22.2. The Balaban J connectivity index is 1.77.